The first-order valence-corrected chi connectivity index (χ1v) is 5.38. The van der Waals surface area contributed by atoms with Crippen molar-refractivity contribution in [1.82, 2.24) is 5.32 Å². The molecule has 1 aliphatic heterocycles. The van der Waals surface area contributed by atoms with Gasteiger partial charge in [-0.1, -0.05) is 46.9 Å². The number of nitrogens with zero attached hydrogens (tertiary/aromatic N) is 1. The lowest BCUT2D eigenvalue weighted by atomic mass is 10.1. The summed E-state index contributed by atoms with van der Waals surface area (Å²) in [7, 11) is 0. The second-order valence-electron chi connectivity index (χ2n) is 2.93. The molecule has 1 unspecified atom stereocenters. The Morgan fingerprint density at radius 3 is 2.87 bits per heavy atom. The fourth-order valence-electron chi connectivity index (χ4n) is 1.27. The van der Waals surface area contributed by atoms with Crippen LogP contribution in [-0.4, -0.2) is 11.8 Å². The molecule has 0 bridgehead atoms. The van der Waals surface area contributed by atoms with Crippen LogP contribution < -0.4 is 5.32 Å². The van der Waals surface area contributed by atoms with E-state index >= 15 is 0 Å². The van der Waals surface area contributed by atoms with E-state index in [2.05, 4.69) is 16.6 Å². The van der Waals surface area contributed by atoms with Crippen molar-refractivity contribution in [3.8, 4) is 0 Å². The Morgan fingerprint density at radius 1 is 1.33 bits per heavy atom. The number of hydrogen-bond donors (Lipinski definition) is 1. The average molecular weight is 261 g/mol. The first-order valence-electron chi connectivity index (χ1n) is 4.19. The Balaban J connectivity index is 2.49. The fraction of sp³-hybridized carbons (Fsp3) is 0.100. The van der Waals surface area contributed by atoms with Gasteiger partial charge in [-0.2, -0.15) is 0 Å². The molecular formula is C10H6Cl3N2. The lowest BCUT2D eigenvalue weighted by Crippen LogP contribution is -2.25. The Labute approximate surface area is 103 Å². The predicted octanol–water partition coefficient (Wildman–Crippen LogP) is 3.41. The highest BCUT2D eigenvalue weighted by molar-refractivity contribution is 6.43. The third kappa shape index (κ3) is 2.12. The predicted molar refractivity (Wildman–Crippen MR) is 64.7 cm³/mol. The number of alkyl halides is 1. The van der Waals surface area contributed by atoms with Crippen molar-refractivity contribution in [2.24, 2.45) is 4.99 Å². The third-order valence-corrected chi connectivity index (χ3v) is 3.16. The quantitative estimate of drug-likeness (QED) is 0.607. The summed E-state index contributed by atoms with van der Waals surface area (Å²) in [5.74, 6) is 0. The van der Waals surface area contributed by atoms with Crippen molar-refractivity contribution in [3.63, 3.8) is 0 Å². The zero-order valence-electron chi connectivity index (χ0n) is 7.47. The van der Waals surface area contributed by atoms with Gasteiger partial charge in [0.05, 0.1) is 10.0 Å². The molecule has 0 saturated heterocycles. The van der Waals surface area contributed by atoms with Gasteiger partial charge in [0.1, 0.15) is 5.50 Å². The summed E-state index contributed by atoms with van der Waals surface area (Å²) in [4.78, 5) is 3.85. The van der Waals surface area contributed by atoms with Crippen molar-refractivity contribution in [1.29, 1.82) is 0 Å². The second kappa shape index (κ2) is 4.44. The van der Waals surface area contributed by atoms with Crippen LogP contribution in [0, 0.1) is 0 Å². The number of nitrogens with one attached hydrogen (secondary N) is 1. The number of benzene rings is 1. The van der Waals surface area contributed by atoms with Crippen molar-refractivity contribution in [2.75, 3.05) is 0 Å². The highest BCUT2D eigenvalue weighted by Crippen LogP contribution is 2.33. The molecule has 2 rings (SSSR count). The molecule has 1 atom stereocenters. The van der Waals surface area contributed by atoms with E-state index in [0.717, 1.165) is 11.1 Å². The lowest BCUT2D eigenvalue weighted by molar-refractivity contribution is 0.982. The van der Waals surface area contributed by atoms with Crippen LogP contribution in [0.1, 0.15) is 5.56 Å². The van der Waals surface area contributed by atoms with Gasteiger partial charge in [0.15, 0.2) is 6.34 Å². The third-order valence-electron chi connectivity index (χ3n) is 2.00. The van der Waals surface area contributed by atoms with Crippen molar-refractivity contribution in [3.05, 3.63) is 40.0 Å². The minimum Gasteiger partial charge on any atom is -0.347 e. The molecule has 0 fully saturated rings. The van der Waals surface area contributed by atoms with E-state index in [1.165, 1.54) is 0 Å². The molecule has 0 aromatic heterocycles. The van der Waals surface area contributed by atoms with E-state index in [9.17, 15) is 0 Å². The zero-order chi connectivity index (χ0) is 10.8. The molecule has 1 aromatic rings. The van der Waals surface area contributed by atoms with Crippen LogP contribution in [0.4, 0.5) is 0 Å². The molecule has 0 saturated carbocycles. The minimum atomic E-state index is -0.390. The van der Waals surface area contributed by atoms with Crippen molar-refractivity contribution in [2.45, 2.75) is 5.50 Å². The first kappa shape index (κ1) is 10.8. The normalized spacial score (nSPS) is 19.7. The standard InChI is InChI=1S/C10H6Cl3N2/c11-8-3-1-2-6(9(8)12)7-4-14-5-15-10(7)13/h1-4,10H,(H,14,15). The van der Waals surface area contributed by atoms with Crippen LogP contribution in [0.5, 0.6) is 0 Å². The van der Waals surface area contributed by atoms with Crippen LogP contribution in [0.25, 0.3) is 5.57 Å². The Hall–Kier alpha value is -0.700. The van der Waals surface area contributed by atoms with Gasteiger partial charge in [-0.25, -0.2) is 4.99 Å². The fourth-order valence-corrected chi connectivity index (χ4v) is 1.90. The minimum absolute atomic E-state index is 0.390. The molecule has 0 spiro atoms. The molecule has 15 heavy (non-hydrogen) atoms. The van der Waals surface area contributed by atoms with E-state index in [4.69, 9.17) is 34.8 Å². The summed E-state index contributed by atoms with van der Waals surface area (Å²) in [6.07, 6.45) is 4.18. The molecule has 77 valence electrons. The van der Waals surface area contributed by atoms with Crippen LogP contribution in [0.3, 0.4) is 0 Å². The van der Waals surface area contributed by atoms with E-state index in [-0.39, 0.29) is 0 Å². The molecule has 1 N–H and O–H groups in total. The maximum atomic E-state index is 6.07. The van der Waals surface area contributed by atoms with E-state index < -0.39 is 5.50 Å². The highest BCUT2D eigenvalue weighted by Gasteiger charge is 2.18. The Bertz CT molecular complexity index is 440. The summed E-state index contributed by atoms with van der Waals surface area (Å²) in [5, 5.41) is 3.74. The van der Waals surface area contributed by atoms with Crippen molar-refractivity contribution < 1.29 is 0 Å². The number of aliphatic imine (C=N–C) groups is 1. The molecule has 0 aliphatic carbocycles. The topological polar surface area (TPSA) is 24.4 Å². The van der Waals surface area contributed by atoms with E-state index in [1.54, 1.807) is 12.3 Å². The summed E-state index contributed by atoms with van der Waals surface area (Å²) in [5.41, 5.74) is 1.17. The Morgan fingerprint density at radius 2 is 2.13 bits per heavy atom. The van der Waals surface area contributed by atoms with E-state index in [1.807, 2.05) is 12.1 Å². The smallest absolute Gasteiger partial charge is 0.170 e. The van der Waals surface area contributed by atoms with Gasteiger partial charge in [0, 0.05) is 17.3 Å². The summed E-state index contributed by atoms with van der Waals surface area (Å²) in [6.45, 7) is 0. The first-order chi connectivity index (χ1) is 7.20. The maximum absolute atomic E-state index is 6.07. The number of halogens is 3. The van der Waals surface area contributed by atoms with Gasteiger partial charge in [-0.15, -0.1) is 0 Å². The monoisotopic (exact) mass is 259 g/mol. The van der Waals surface area contributed by atoms with Gasteiger partial charge < -0.3 is 5.32 Å². The SMILES string of the molecule is Clc1cccc(C2=CN=[C]NC2Cl)c1Cl. The molecular weight excluding hydrogens is 254 g/mol. The average Bonchev–Trinajstić information content (AvgIpc) is 2.23. The highest BCUT2D eigenvalue weighted by atomic mass is 35.5. The molecule has 1 radical (unpaired) electrons. The van der Waals surface area contributed by atoms with Gasteiger partial charge in [0.2, 0.25) is 0 Å². The second-order valence-corrected chi connectivity index (χ2v) is 4.16. The van der Waals surface area contributed by atoms with Crippen LogP contribution in [0.2, 0.25) is 10.0 Å². The van der Waals surface area contributed by atoms with Gasteiger partial charge in [0.25, 0.3) is 0 Å². The van der Waals surface area contributed by atoms with Gasteiger partial charge >= 0.3 is 0 Å². The summed E-state index contributed by atoms with van der Waals surface area (Å²) in [6, 6.07) is 5.39. The van der Waals surface area contributed by atoms with E-state index in [0.29, 0.717) is 10.0 Å². The number of rotatable bonds is 1. The number of hydrogen-bond acceptors (Lipinski definition) is 2. The maximum Gasteiger partial charge on any atom is 0.170 e. The summed E-state index contributed by atoms with van der Waals surface area (Å²) < 4.78 is 0. The van der Waals surface area contributed by atoms with Crippen molar-refractivity contribution >= 4 is 46.7 Å². The van der Waals surface area contributed by atoms with Gasteiger partial charge in [-0.05, 0) is 6.07 Å². The molecule has 0 amide bonds. The molecule has 2 nitrogen and oxygen atoms in total. The largest absolute Gasteiger partial charge is 0.347 e. The van der Waals surface area contributed by atoms with Gasteiger partial charge in [-0.3, -0.25) is 0 Å². The summed E-state index contributed by atoms with van der Waals surface area (Å²) >= 11 is 18.0. The molecule has 1 aliphatic rings. The molecule has 5 heteroatoms. The van der Waals surface area contributed by atoms with Crippen LogP contribution in [0.15, 0.2) is 29.4 Å². The van der Waals surface area contributed by atoms with Crippen LogP contribution in [-0.2, 0) is 0 Å². The molecule has 1 heterocycles. The Kier molecular flexibility index (Phi) is 3.19. The molecule has 1 aromatic carbocycles. The zero-order valence-corrected chi connectivity index (χ0v) is 9.74. The lowest BCUT2D eigenvalue weighted by Gasteiger charge is -2.17. The van der Waals surface area contributed by atoms with Crippen LogP contribution >= 0.6 is 34.8 Å².